The number of aryl methyl sites for hydroxylation is 3. The van der Waals surface area contributed by atoms with E-state index < -0.39 is 5.60 Å². The number of aromatic hydroxyl groups is 1. The fourth-order valence-corrected chi connectivity index (χ4v) is 4.95. The molecule has 0 spiro atoms. The number of likely N-dealkylation sites (tertiary alicyclic amines) is 1. The number of benzene rings is 1. The molecule has 1 aromatic carbocycles. The van der Waals surface area contributed by atoms with Gasteiger partial charge in [-0.25, -0.2) is 0 Å². The monoisotopic (exact) mass is 352 g/mol. The first kappa shape index (κ1) is 17.5. The van der Waals surface area contributed by atoms with Gasteiger partial charge in [0.05, 0.1) is 5.69 Å². The van der Waals surface area contributed by atoms with Crippen LogP contribution in [0.3, 0.4) is 0 Å². The Morgan fingerprint density at radius 3 is 2.54 bits per heavy atom. The van der Waals surface area contributed by atoms with Crippen molar-refractivity contribution in [2.75, 3.05) is 13.1 Å². The molecule has 1 saturated heterocycles. The molecule has 4 nitrogen and oxygen atoms in total. The molecule has 138 valence electrons. The van der Waals surface area contributed by atoms with Gasteiger partial charge in [-0.2, -0.15) is 0 Å². The van der Waals surface area contributed by atoms with Crippen molar-refractivity contribution in [1.82, 2.24) is 9.88 Å². The molecule has 0 radical (unpaired) electrons. The Bertz CT molecular complexity index is 794. The molecule has 4 rings (SSSR count). The molecule has 3 atom stereocenters. The van der Waals surface area contributed by atoms with Crippen molar-refractivity contribution in [3.8, 4) is 5.75 Å². The van der Waals surface area contributed by atoms with E-state index in [0.717, 1.165) is 54.9 Å². The molecule has 4 heteroatoms. The Balaban J connectivity index is 1.52. The average molecular weight is 352 g/mol. The lowest BCUT2D eigenvalue weighted by atomic mass is 9.85. The summed E-state index contributed by atoms with van der Waals surface area (Å²) in [5, 5.41) is 21.4. The summed E-state index contributed by atoms with van der Waals surface area (Å²) in [7, 11) is 0. The zero-order chi connectivity index (χ0) is 18.5. The second-order valence-electron chi connectivity index (χ2n) is 8.32. The van der Waals surface area contributed by atoms with E-state index >= 15 is 0 Å². The number of phenolic OH excluding ortho intramolecular Hbond substituents is 1. The highest BCUT2D eigenvalue weighted by atomic mass is 16.3. The van der Waals surface area contributed by atoms with Gasteiger partial charge in [-0.05, 0) is 67.9 Å². The van der Waals surface area contributed by atoms with Gasteiger partial charge in [0.2, 0.25) is 0 Å². The van der Waals surface area contributed by atoms with Crippen LogP contribution in [-0.2, 0) is 12.1 Å². The molecule has 1 saturated carbocycles. The van der Waals surface area contributed by atoms with Crippen LogP contribution >= 0.6 is 0 Å². The van der Waals surface area contributed by atoms with E-state index in [1.54, 1.807) is 0 Å². The Morgan fingerprint density at radius 1 is 1.15 bits per heavy atom. The number of nitrogens with zero attached hydrogens (tertiary/aromatic N) is 2. The minimum Gasteiger partial charge on any atom is -0.507 e. The number of aliphatic hydroxyl groups is 1. The third kappa shape index (κ3) is 2.91. The first-order valence-corrected chi connectivity index (χ1v) is 9.54. The van der Waals surface area contributed by atoms with E-state index in [-0.39, 0.29) is 5.92 Å². The maximum Gasteiger partial charge on any atom is 0.121 e. The van der Waals surface area contributed by atoms with E-state index in [4.69, 9.17) is 0 Å². The van der Waals surface area contributed by atoms with Crippen LogP contribution in [-0.4, -0.2) is 33.2 Å². The zero-order valence-corrected chi connectivity index (χ0v) is 15.9. The Morgan fingerprint density at radius 2 is 1.88 bits per heavy atom. The molecule has 1 aromatic heterocycles. The third-order valence-electron chi connectivity index (χ3n) is 6.34. The number of aromatic nitrogens is 1. The molecule has 1 aliphatic carbocycles. The second kappa shape index (κ2) is 6.36. The van der Waals surface area contributed by atoms with Crippen molar-refractivity contribution in [3.63, 3.8) is 0 Å². The van der Waals surface area contributed by atoms with Gasteiger partial charge in [0, 0.05) is 31.7 Å². The summed E-state index contributed by atoms with van der Waals surface area (Å²) >= 11 is 0. The van der Waals surface area contributed by atoms with Crippen LogP contribution in [0.2, 0.25) is 0 Å². The number of rotatable bonds is 3. The highest BCUT2D eigenvalue weighted by Crippen LogP contribution is 2.50. The maximum absolute atomic E-state index is 11.4. The molecule has 2 N–H and O–H groups in total. The minimum absolute atomic E-state index is 0.247. The highest BCUT2D eigenvalue weighted by molar-refractivity contribution is 5.42. The molecule has 1 aliphatic heterocycles. The van der Waals surface area contributed by atoms with E-state index in [0.29, 0.717) is 11.7 Å². The lowest BCUT2D eigenvalue weighted by Crippen LogP contribution is -2.35. The molecule has 0 unspecified atom stereocenters. The molecule has 2 aromatic rings. The van der Waals surface area contributed by atoms with Crippen molar-refractivity contribution in [2.24, 2.45) is 11.8 Å². The van der Waals surface area contributed by atoms with Crippen LogP contribution in [0.4, 0.5) is 0 Å². The number of hydrogen-bond acceptors (Lipinski definition) is 4. The second-order valence-corrected chi connectivity index (χ2v) is 8.32. The van der Waals surface area contributed by atoms with Crippen LogP contribution in [0, 0.1) is 32.6 Å². The Kier molecular flexibility index (Phi) is 4.28. The van der Waals surface area contributed by atoms with Gasteiger partial charge in [0.1, 0.15) is 11.4 Å². The predicted octanol–water partition coefficient (Wildman–Crippen LogP) is 3.44. The smallest absolute Gasteiger partial charge is 0.121 e. The lowest BCUT2D eigenvalue weighted by molar-refractivity contribution is -0.0108. The van der Waals surface area contributed by atoms with E-state index in [1.807, 2.05) is 39.1 Å². The summed E-state index contributed by atoms with van der Waals surface area (Å²) in [5.74, 6) is 1.17. The molecule has 0 amide bonds. The standard InChI is InChI=1S/C22H28N2O2/c1-14-4-5-20(23-10-14)22(26)7-6-18-12-24(13-19(18)22)11-17-8-15(2)21(25)16(3)9-17/h4-5,8-10,18-19,25-26H,6-7,11-13H2,1-3H3/t18-,19+,22-/m0/s1. The van der Waals surface area contributed by atoms with Gasteiger partial charge in [-0.3, -0.25) is 9.88 Å². The van der Waals surface area contributed by atoms with Gasteiger partial charge in [-0.15, -0.1) is 0 Å². The van der Waals surface area contributed by atoms with Crippen LogP contribution < -0.4 is 0 Å². The van der Waals surface area contributed by atoms with Gasteiger partial charge < -0.3 is 10.2 Å². The van der Waals surface area contributed by atoms with Crippen LogP contribution in [0.5, 0.6) is 5.75 Å². The first-order chi connectivity index (χ1) is 12.4. The summed E-state index contributed by atoms with van der Waals surface area (Å²) in [6, 6.07) is 8.18. The van der Waals surface area contributed by atoms with Gasteiger partial charge >= 0.3 is 0 Å². The van der Waals surface area contributed by atoms with Gasteiger partial charge in [-0.1, -0.05) is 18.2 Å². The predicted molar refractivity (Wildman–Crippen MR) is 102 cm³/mol. The lowest BCUT2D eigenvalue weighted by Gasteiger charge is -2.30. The quantitative estimate of drug-likeness (QED) is 0.888. The minimum atomic E-state index is -0.798. The topological polar surface area (TPSA) is 56.6 Å². The molecule has 0 bridgehead atoms. The molecule has 2 fully saturated rings. The fraction of sp³-hybridized carbons (Fsp3) is 0.500. The summed E-state index contributed by atoms with van der Waals surface area (Å²) < 4.78 is 0. The average Bonchev–Trinajstić information content (AvgIpc) is 3.14. The summed E-state index contributed by atoms with van der Waals surface area (Å²) in [6.45, 7) is 8.72. The summed E-state index contributed by atoms with van der Waals surface area (Å²) in [6.07, 6.45) is 3.72. The third-order valence-corrected chi connectivity index (χ3v) is 6.34. The maximum atomic E-state index is 11.4. The number of fused-ring (bicyclic) bond motifs is 1. The van der Waals surface area contributed by atoms with Crippen molar-refractivity contribution in [2.45, 2.75) is 45.8 Å². The van der Waals surface area contributed by atoms with E-state index in [2.05, 4.69) is 22.0 Å². The van der Waals surface area contributed by atoms with Crippen molar-refractivity contribution >= 4 is 0 Å². The van der Waals surface area contributed by atoms with Crippen LogP contribution in [0.25, 0.3) is 0 Å². The van der Waals surface area contributed by atoms with Crippen molar-refractivity contribution in [3.05, 3.63) is 58.4 Å². The Hall–Kier alpha value is -1.91. The molecule has 26 heavy (non-hydrogen) atoms. The number of hydrogen-bond donors (Lipinski definition) is 2. The van der Waals surface area contributed by atoms with Crippen LogP contribution in [0.15, 0.2) is 30.5 Å². The largest absolute Gasteiger partial charge is 0.507 e. The van der Waals surface area contributed by atoms with Crippen LogP contribution in [0.1, 0.15) is 40.8 Å². The highest BCUT2D eigenvalue weighted by Gasteiger charge is 2.52. The summed E-state index contributed by atoms with van der Waals surface area (Å²) in [5.41, 5.74) is 4.24. The molecule has 2 heterocycles. The Labute approximate surface area is 155 Å². The number of pyridine rings is 1. The fourth-order valence-electron chi connectivity index (χ4n) is 4.95. The van der Waals surface area contributed by atoms with Gasteiger partial charge in [0.25, 0.3) is 0 Å². The number of phenols is 1. The van der Waals surface area contributed by atoms with Crippen molar-refractivity contribution < 1.29 is 10.2 Å². The molecule has 2 aliphatic rings. The van der Waals surface area contributed by atoms with Gasteiger partial charge in [0.15, 0.2) is 0 Å². The molecular weight excluding hydrogens is 324 g/mol. The summed E-state index contributed by atoms with van der Waals surface area (Å²) in [4.78, 5) is 6.98. The zero-order valence-electron chi connectivity index (χ0n) is 15.9. The molecular formula is C22H28N2O2. The van der Waals surface area contributed by atoms with E-state index in [9.17, 15) is 10.2 Å². The normalized spacial score (nSPS) is 28.5. The SMILES string of the molecule is Cc1ccc([C@]2(O)CC[C@H]3CN(Cc4cc(C)c(O)c(C)c4)C[C@H]32)nc1. The van der Waals surface area contributed by atoms with Crippen molar-refractivity contribution in [1.29, 1.82) is 0 Å². The first-order valence-electron chi connectivity index (χ1n) is 9.54. The van der Waals surface area contributed by atoms with E-state index in [1.165, 1.54) is 5.56 Å².